The molecule has 1 rings (SSSR count). The van der Waals surface area contributed by atoms with Gasteiger partial charge in [0.25, 0.3) is 0 Å². The van der Waals surface area contributed by atoms with Gasteiger partial charge in [-0.25, -0.2) is 0 Å². The van der Waals surface area contributed by atoms with Gasteiger partial charge in [0.1, 0.15) is 0 Å². The molecule has 1 nitrogen and oxygen atoms in total. The smallest absolute Gasteiger partial charge is 0.0840 e. The molecule has 11 heavy (non-hydrogen) atoms. The third-order valence-electron chi connectivity index (χ3n) is 0.956. The lowest BCUT2D eigenvalue weighted by Crippen LogP contribution is -2.14. The molecule has 0 aliphatic heterocycles. The molecule has 0 bridgehead atoms. The van der Waals surface area contributed by atoms with Crippen LogP contribution in [0.3, 0.4) is 0 Å². The van der Waals surface area contributed by atoms with Crippen molar-refractivity contribution in [2.24, 2.45) is 0 Å². The van der Waals surface area contributed by atoms with E-state index in [-0.39, 0.29) is 4.47 Å². The molecule has 2 heteroatoms. The van der Waals surface area contributed by atoms with Crippen molar-refractivity contribution in [1.29, 1.82) is 0 Å². The Morgan fingerprint density at radius 3 is 2.45 bits per heavy atom. The second-order valence-corrected chi connectivity index (χ2v) is 2.69. The van der Waals surface area contributed by atoms with Crippen LogP contribution in [0.5, 0.6) is 0 Å². The van der Waals surface area contributed by atoms with E-state index in [9.17, 15) is 5.11 Å². The fourth-order valence-electron chi connectivity index (χ4n) is 0.478. The Kier molecular flexibility index (Phi) is 0.626. The quantitative estimate of drug-likeness (QED) is 0.779. The van der Waals surface area contributed by atoms with Gasteiger partial charge < -0.3 is 5.11 Å². The zero-order valence-corrected chi connectivity index (χ0v) is 6.91. The van der Waals surface area contributed by atoms with Crippen LogP contribution in [-0.4, -0.2) is 5.11 Å². The standard InChI is InChI=1S/C9H11BrO/c1-9(2,11)7-3-5-8(10)6-4-7/h3-6,11H,1-2H3/i1D3,2D3,3D,4D,5D,6D. The van der Waals surface area contributed by atoms with Gasteiger partial charge in [0, 0.05) is 12.7 Å². The molecule has 1 N–H and O–H groups in total. The minimum absolute atomic E-state index is 0.250. The summed E-state index contributed by atoms with van der Waals surface area (Å²) in [4.78, 5) is 0. The Labute approximate surface area is 89.2 Å². The number of aliphatic hydroxyl groups is 1. The normalized spacial score (nSPS) is 27.1. The van der Waals surface area contributed by atoms with E-state index in [0.717, 1.165) is 0 Å². The molecule has 0 saturated carbocycles. The third-order valence-corrected chi connectivity index (χ3v) is 1.35. The maximum absolute atomic E-state index is 10.3. The van der Waals surface area contributed by atoms with Crippen molar-refractivity contribution in [3.8, 4) is 0 Å². The molecule has 0 aliphatic rings. The van der Waals surface area contributed by atoms with Crippen molar-refractivity contribution in [2.75, 3.05) is 0 Å². The summed E-state index contributed by atoms with van der Waals surface area (Å²) in [6, 6.07) is -3.17. The van der Waals surface area contributed by atoms with Gasteiger partial charge in [-0.3, -0.25) is 0 Å². The first kappa shape index (κ1) is 2.33. The molecule has 60 valence electrons. The van der Waals surface area contributed by atoms with Crippen molar-refractivity contribution in [2.45, 2.75) is 19.3 Å². The summed E-state index contributed by atoms with van der Waals surface area (Å²) in [5.74, 6) is 0. The van der Waals surface area contributed by atoms with Crippen LogP contribution in [0.2, 0.25) is 0 Å². The lowest BCUT2D eigenvalue weighted by molar-refractivity contribution is 0.0786. The summed E-state index contributed by atoms with van der Waals surface area (Å²) in [6.07, 6.45) is 0. The zero-order valence-electron chi connectivity index (χ0n) is 15.3. The Balaban J connectivity index is 3.96. The van der Waals surface area contributed by atoms with E-state index < -0.39 is 49.0 Å². The minimum atomic E-state index is -3.51. The summed E-state index contributed by atoms with van der Waals surface area (Å²) >= 11 is 2.80. The summed E-state index contributed by atoms with van der Waals surface area (Å²) in [5.41, 5.74) is -4.58. The van der Waals surface area contributed by atoms with Crippen molar-refractivity contribution >= 4 is 15.9 Å². The summed E-state index contributed by atoms with van der Waals surface area (Å²) in [6.45, 7) is -6.95. The molecule has 0 heterocycles. The van der Waals surface area contributed by atoms with Crippen molar-refractivity contribution in [1.82, 2.24) is 0 Å². The van der Waals surface area contributed by atoms with Crippen LogP contribution in [0.1, 0.15) is 33.0 Å². The lowest BCUT2D eigenvalue weighted by atomic mass is 9.99. The first-order chi connectivity index (χ1) is 9.18. The molecule has 0 aromatic heterocycles. The zero-order chi connectivity index (χ0) is 17.0. The Bertz CT molecular complexity index is 532. The highest BCUT2D eigenvalue weighted by atomic mass is 79.9. The van der Waals surface area contributed by atoms with Crippen molar-refractivity contribution in [3.05, 3.63) is 34.2 Å². The van der Waals surface area contributed by atoms with Crippen LogP contribution in [0.4, 0.5) is 0 Å². The molecular formula is C9H11BrO. The monoisotopic (exact) mass is 224 g/mol. The molecule has 1 aromatic rings. The molecule has 0 aliphatic carbocycles. The van der Waals surface area contributed by atoms with E-state index in [1.165, 1.54) is 0 Å². The van der Waals surface area contributed by atoms with Crippen LogP contribution in [0, 0.1) is 0 Å². The topological polar surface area (TPSA) is 20.2 Å². The molecule has 0 saturated heterocycles. The van der Waals surface area contributed by atoms with Gasteiger partial charge in [0.05, 0.1) is 11.1 Å². The highest BCUT2D eigenvalue weighted by Crippen LogP contribution is 2.21. The summed E-state index contributed by atoms with van der Waals surface area (Å²) in [5, 5.41) is 10.3. The van der Waals surface area contributed by atoms with E-state index in [1.807, 2.05) is 0 Å². The Hall–Kier alpha value is -0.340. The highest BCUT2D eigenvalue weighted by molar-refractivity contribution is 9.10. The fraction of sp³-hybridized carbons (Fsp3) is 0.333. The predicted octanol–water partition coefficient (Wildman–Crippen LogP) is 2.68. The fourth-order valence-corrected chi connectivity index (χ4v) is 0.676. The van der Waals surface area contributed by atoms with E-state index in [4.69, 9.17) is 13.7 Å². The van der Waals surface area contributed by atoms with Gasteiger partial charge in [-0.2, -0.15) is 0 Å². The largest absolute Gasteiger partial charge is 0.386 e. The number of hydrogen-bond donors (Lipinski definition) is 1. The Morgan fingerprint density at radius 1 is 1.45 bits per heavy atom. The molecule has 0 amide bonds. The maximum atomic E-state index is 10.3. The second-order valence-electron chi connectivity index (χ2n) is 1.90. The van der Waals surface area contributed by atoms with E-state index in [1.54, 1.807) is 0 Å². The molecular weight excluding hydrogens is 204 g/mol. The van der Waals surface area contributed by atoms with Gasteiger partial charge in [-0.05, 0) is 31.4 Å². The predicted molar refractivity (Wildman–Crippen MR) is 49.4 cm³/mol. The van der Waals surface area contributed by atoms with E-state index >= 15 is 0 Å². The van der Waals surface area contributed by atoms with Crippen LogP contribution in [-0.2, 0) is 5.60 Å². The van der Waals surface area contributed by atoms with E-state index in [0.29, 0.717) is 0 Å². The first-order valence-electron chi connectivity index (χ1n) is 7.66. The summed E-state index contributed by atoms with van der Waals surface area (Å²) < 4.78 is 74.1. The maximum Gasteiger partial charge on any atom is 0.0840 e. The van der Waals surface area contributed by atoms with Crippen LogP contribution >= 0.6 is 15.9 Å². The van der Waals surface area contributed by atoms with Crippen molar-refractivity contribution in [3.63, 3.8) is 0 Å². The number of benzene rings is 1. The van der Waals surface area contributed by atoms with Crippen LogP contribution in [0.15, 0.2) is 28.6 Å². The SMILES string of the molecule is [2H]c1c([2H])c(C(O)(C([2H])([2H])[2H])C([2H])([2H])[2H])c([2H])c([2H])c1Br. The lowest BCUT2D eigenvalue weighted by Gasteiger charge is -2.17. The third kappa shape index (κ3) is 2.31. The molecule has 0 fully saturated rings. The van der Waals surface area contributed by atoms with Gasteiger partial charge in [-0.1, -0.05) is 28.0 Å². The van der Waals surface area contributed by atoms with Crippen LogP contribution in [0.25, 0.3) is 0 Å². The average Bonchev–Trinajstić information content (AvgIpc) is 2.31. The number of hydrogen-bond acceptors (Lipinski definition) is 1. The number of rotatable bonds is 1. The minimum Gasteiger partial charge on any atom is -0.386 e. The van der Waals surface area contributed by atoms with E-state index in [2.05, 4.69) is 15.9 Å². The second kappa shape index (κ2) is 2.95. The molecule has 1 aromatic carbocycles. The van der Waals surface area contributed by atoms with Crippen molar-refractivity contribution < 1.29 is 18.8 Å². The molecule has 0 radical (unpaired) electrons. The van der Waals surface area contributed by atoms with Gasteiger partial charge in [0.15, 0.2) is 0 Å². The first-order valence-corrected chi connectivity index (χ1v) is 3.46. The van der Waals surface area contributed by atoms with Gasteiger partial charge in [0.2, 0.25) is 0 Å². The number of halogens is 1. The van der Waals surface area contributed by atoms with Gasteiger partial charge in [-0.15, -0.1) is 0 Å². The van der Waals surface area contributed by atoms with Crippen LogP contribution < -0.4 is 0 Å². The Morgan fingerprint density at radius 2 is 2.00 bits per heavy atom. The molecule has 0 atom stereocenters. The molecule has 0 unspecified atom stereocenters. The average molecular weight is 225 g/mol. The highest BCUT2D eigenvalue weighted by Gasteiger charge is 2.14. The molecule has 0 spiro atoms. The summed E-state index contributed by atoms with van der Waals surface area (Å²) in [7, 11) is 0. The van der Waals surface area contributed by atoms with Gasteiger partial charge >= 0.3 is 0 Å².